The van der Waals surface area contributed by atoms with Crippen LogP contribution in [0.4, 0.5) is 10.1 Å². The van der Waals surface area contributed by atoms with Gasteiger partial charge in [0.2, 0.25) is 0 Å². The van der Waals surface area contributed by atoms with Gasteiger partial charge in [0.1, 0.15) is 17.4 Å². The highest BCUT2D eigenvalue weighted by atomic mass is 19.1. The van der Waals surface area contributed by atoms with E-state index in [1.54, 1.807) is 12.1 Å². The van der Waals surface area contributed by atoms with Gasteiger partial charge in [-0.25, -0.2) is 4.39 Å². The first-order valence-electron chi connectivity index (χ1n) is 5.68. The second-order valence-corrected chi connectivity index (χ2v) is 3.81. The molecular formula is C13H17FN2. The summed E-state index contributed by atoms with van der Waals surface area (Å²) >= 11 is 0. The summed E-state index contributed by atoms with van der Waals surface area (Å²) in [5.41, 5.74) is 0.708. The number of hydrogen-bond donors (Lipinski definition) is 1. The van der Waals surface area contributed by atoms with Gasteiger partial charge in [0.15, 0.2) is 0 Å². The maximum atomic E-state index is 13.3. The summed E-state index contributed by atoms with van der Waals surface area (Å²) in [6, 6.07) is 6.88. The quantitative estimate of drug-likeness (QED) is 0.821. The lowest BCUT2D eigenvalue weighted by Crippen LogP contribution is -2.18. The lowest BCUT2D eigenvalue weighted by atomic mass is 10.1. The zero-order chi connectivity index (χ0) is 12.0. The van der Waals surface area contributed by atoms with Gasteiger partial charge < -0.3 is 5.32 Å². The van der Waals surface area contributed by atoms with Crippen molar-refractivity contribution in [2.75, 3.05) is 5.32 Å². The highest BCUT2D eigenvalue weighted by Gasteiger charge is 2.11. The van der Waals surface area contributed by atoms with Gasteiger partial charge in [-0.3, -0.25) is 0 Å². The largest absolute Gasteiger partial charge is 0.381 e. The molecule has 1 unspecified atom stereocenters. The van der Waals surface area contributed by atoms with Crippen molar-refractivity contribution in [3.63, 3.8) is 0 Å². The Bertz CT molecular complexity index is 382. The number of rotatable bonds is 5. The monoisotopic (exact) mass is 220 g/mol. The molecule has 0 bridgehead atoms. The smallest absolute Gasteiger partial charge is 0.143 e. The molecule has 0 aromatic heterocycles. The average molecular weight is 220 g/mol. The highest BCUT2D eigenvalue weighted by Crippen LogP contribution is 2.20. The maximum absolute atomic E-state index is 13.3. The normalized spacial score (nSPS) is 11.9. The molecule has 1 atom stereocenters. The number of nitrogens with one attached hydrogen (secondary N) is 1. The Hall–Kier alpha value is -1.56. The van der Waals surface area contributed by atoms with E-state index in [1.807, 2.05) is 6.07 Å². The lowest BCUT2D eigenvalue weighted by molar-refractivity contribution is 0.612. The molecule has 3 heteroatoms. The number of hydrogen-bond acceptors (Lipinski definition) is 2. The second-order valence-electron chi connectivity index (χ2n) is 3.81. The van der Waals surface area contributed by atoms with Gasteiger partial charge >= 0.3 is 0 Å². The molecule has 0 aliphatic carbocycles. The van der Waals surface area contributed by atoms with Gasteiger partial charge in [-0.05, 0) is 25.0 Å². The maximum Gasteiger partial charge on any atom is 0.143 e. The third-order valence-electron chi connectivity index (χ3n) is 2.61. The zero-order valence-corrected chi connectivity index (χ0v) is 9.76. The van der Waals surface area contributed by atoms with E-state index in [9.17, 15) is 4.39 Å². The summed E-state index contributed by atoms with van der Waals surface area (Å²) in [6.07, 6.45) is 3.07. The van der Waals surface area contributed by atoms with Crippen molar-refractivity contribution >= 4 is 5.69 Å². The first-order valence-corrected chi connectivity index (χ1v) is 5.68. The third kappa shape index (κ3) is 2.96. The minimum atomic E-state index is -0.459. The summed E-state index contributed by atoms with van der Waals surface area (Å²) in [4.78, 5) is 0. The van der Waals surface area contributed by atoms with Crippen LogP contribution in [-0.4, -0.2) is 6.04 Å². The minimum absolute atomic E-state index is 0.108. The molecule has 1 N–H and O–H groups in total. The molecule has 0 aliphatic rings. The molecule has 0 heterocycles. The molecule has 0 aliphatic heterocycles. The van der Waals surface area contributed by atoms with Gasteiger partial charge in [-0.15, -0.1) is 0 Å². The van der Waals surface area contributed by atoms with E-state index in [4.69, 9.17) is 5.26 Å². The van der Waals surface area contributed by atoms with Crippen LogP contribution in [-0.2, 0) is 0 Å². The molecule has 0 fully saturated rings. The molecule has 1 aromatic rings. The summed E-state index contributed by atoms with van der Waals surface area (Å²) in [7, 11) is 0. The third-order valence-corrected chi connectivity index (χ3v) is 2.61. The molecular weight excluding hydrogens is 203 g/mol. The molecule has 0 amide bonds. The minimum Gasteiger partial charge on any atom is -0.381 e. The van der Waals surface area contributed by atoms with Crippen LogP contribution in [0.3, 0.4) is 0 Å². The van der Waals surface area contributed by atoms with E-state index in [2.05, 4.69) is 19.2 Å². The Morgan fingerprint density at radius 1 is 1.44 bits per heavy atom. The first kappa shape index (κ1) is 12.5. The van der Waals surface area contributed by atoms with Crippen LogP contribution in [0.5, 0.6) is 0 Å². The van der Waals surface area contributed by atoms with Gasteiger partial charge in [-0.1, -0.05) is 26.3 Å². The van der Waals surface area contributed by atoms with Crippen molar-refractivity contribution in [1.82, 2.24) is 0 Å². The van der Waals surface area contributed by atoms with E-state index in [0.717, 1.165) is 19.3 Å². The van der Waals surface area contributed by atoms with E-state index >= 15 is 0 Å². The van der Waals surface area contributed by atoms with E-state index in [0.29, 0.717) is 11.7 Å². The fraction of sp³-hybridized carbons (Fsp3) is 0.462. The van der Waals surface area contributed by atoms with Crippen molar-refractivity contribution in [3.05, 3.63) is 29.6 Å². The van der Waals surface area contributed by atoms with Crippen LogP contribution >= 0.6 is 0 Å². The molecule has 16 heavy (non-hydrogen) atoms. The zero-order valence-electron chi connectivity index (χ0n) is 9.76. The summed E-state index contributed by atoms with van der Waals surface area (Å²) < 4.78 is 13.3. The van der Waals surface area contributed by atoms with Gasteiger partial charge in [0.05, 0.1) is 5.69 Å². The molecule has 0 radical (unpaired) electrons. The number of nitrogens with zero attached hydrogens (tertiary/aromatic N) is 1. The van der Waals surface area contributed by atoms with Crippen LogP contribution in [0.2, 0.25) is 0 Å². The molecule has 0 spiro atoms. The molecule has 86 valence electrons. The molecule has 0 saturated carbocycles. The SMILES string of the molecule is CCCC(CC)Nc1cccc(F)c1C#N. The van der Waals surface area contributed by atoms with E-state index in [1.165, 1.54) is 6.07 Å². The fourth-order valence-corrected chi connectivity index (χ4v) is 1.70. The topological polar surface area (TPSA) is 35.8 Å². The fourth-order valence-electron chi connectivity index (χ4n) is 1.70. The van der Waals surface area contributed by atoms with Crippen LogP contribution in [0.25, 0.3) is 0 Å². The molecule has 1 rings (SSSR count). The van der Waals surface area contributed by atoms with Crippen molar-refractivity contribution < 1.29 is 4.39 Å². The van der Waals surface area contributed by atoms with Gasteiger partial charge in [0, 0.05) is 6.04 Å². The second kappa shape index (κ2) is 6.12. The van der Waals surface area contributed by atoms with Crippen LogP contribution < -0.4 is 5.32 Å². The number of benzene rings is 1. The standard InChI is InChI=1S/C13H17FN2/c1-3-6-10(4-2)16-13-8-5-7-12(14)11(13)9-15/h5,7-8,10,16H,3-4,6H2,1-2H3. The average Bonchev–Trinajstić information content (AvgIpc) is 2.28. The predicted molar refractivity (Wildman–Crippen MR) is 63.7 cm³/mol. The Kier molecular flexibility index (Phi) is 4.78. The van der Waals surface area contributed by atoms with Crippen molar-refractivity contribution in [2.24, 2.45) is 0 Å². The lowest BCUT2D eigenvalue weighted by Gasteiger charge is -2.18. The van der Waals surface area contributed by atoms with E-state index < -0.39 is 5.82 Å². The first-order chi connectivity index (χ1) is 7.72. The number of anilines is 1. The van der Waals surface area contributed by atoms with Crippen LogP contribution in [0, 0.1) is 17.1 Å². The number of halogens is 1. The Morgan fingerprint density at radius 2 is 2.19 bits per heavy atom. The van der Waals surface area contributed by atoms with Crippen molar-refractivity contribution in [1.29, 1.82) is 5.26 Å². The van der Waals surface area contributed by atoms with Crippen LogP contribution in [0.1, 0.15) is 38.7 Å². The van der Waals surface area contributed by atoms with Gasteiger partial charge in [-0.2, -0.15) is 5.26 Å². The highest BCUT2D eigenvalue weighted by molar-refractivity contribution is 5.58. The van der Waals surface area contributed by atoms with Gasteiger partial charge in [0.25, 0.3) is 0 Å². The molecule has 1 aromatic carbocycles. The Morgan fingerprint density at radius 3 is 2.75 bits per heavy atom. The molecule has 0 saturated heterocycles. The summed E-state index contributed by atoms with van der Waals surface area (Å²) in [6.45, 7) is 4.19. The Balaban J connectivity index is 2.88. The Labute approximate surface area is 96.1 Å². The summed E-state index contributed by atoms with van der Waals surface area (Å²) in [5, 5.41) is 12.1. The van der Waals surface area contributed by atoms with Crippen molar-refractivity contribution in [2.45, 2.75) is 39.2 Å². The van der Waals surface area contributed by atoms with E-state index in [-0.39, 0.29) is 5.56 Å². The van der Waals surface area contributed by atoms with Crippen molar-refractivity contribution in [3.8, 4) is 6.07 Å². The number of nitriles is 1. The molecule has 2 nitrogen and oxygen atoms in total. The predicted octanol–water partition coefficient (Wildman–Crippen LogP) is 3.69. The van der Waals surface area contributed by atoms with Crippen LogP contribution in [0.15, 0.2) is 18.2 Å². The summed E-state index contributed by atoms with van der Waals surface area (Å²) in [5.74, 6) is -0.459.